The number of likely N-dealkylation sites (tertiary alicyclic amines) is 1. The predicted octanol–water partition coefficient (Wildman–Crippen LogP) is 1.78. The Kier molecular flexibility index (Phi) is 5.42. The van der Waals surface area contributed by atoms with Crippen molar-refractivity contribution in [1.82, 2.24) is 9.80 Å². The molecule has 2 N–H and O–H groups in total. The molecular formula is C14H31N3. The fraction of sp³-hybridized carbons (Fsp3) is 1.00. The zero-order chi connectivity index (χ0) is 13.1. The first kappa shape index (κ1) is 14.9. The van der Waals surface area contributed by atoms with Crippen LogP contribution in [0.15, 0.2) is 0 Å². The molecule has 17 heavy (non-hydrogen) atoms. The first-order chi connectivity index (χ1) is 7.83. The topological polar surface area (TPSA) is 32.5 Å². The summed E-state index contributed by atoms with van der Waals surface area (Å²) in [6, 6.07) is 1.25. The van der Waals surface area contributed by atoms with E-state index in [2.05, 4.69) is 44.7 Å². The fourth-order valence-corrected chi connectivity index (χ4v) is 2.82. The molecule has 1 aliphatic rings. The molecule has 2 atom stereocenters. The molecule has 1 fully saturated rings. The lowest BCUT2D eigenvalue weighted by atomic mass is 9.87. The standard InChI is InChI=1S/C14H31N3/c1-14(2,3)9-13(10-15)17(5)11-12-7-6-8-16(12)4/h12-13H,6-11,15H2,1-5H3. The summed E-state index contributed by atoms with van der Waals surface area (Å²) >= 11 is 0. The van der Waals surface area contributed by atoms with Crippen molar-refractivity contribution in [2.45, 2.75) is 52.1 Å². The molecule has 0 aliphatic carbocycles. The summed E-state index contributed by atoms with van der Waals surface area (Å²) in [6.45, 7) is 10.1. The van der Waals surface area contributed by atoms with Crippen LogP contribution in [0.1, 0.15) is 40.0 Å². The third-order valence-corrected chi connectivity index (χ3v) is 3.91. The van der Waals surface area contributed by atoms with Gasteiger partial charge < -0.3 is 15.5 Å². The van der Waals surface area contributed by atoms with Crippen molar-refractivity contribution >= 4 is 0 Å². The number of hydrogen-bond acceptors (Lipinski definition) is 3. The third kappa shape index (κ3) is 4.94. The van der Waals surface area contributed by atoms with E-state index in [9.17, 15) is 0 Å². The normalized spacial score (nSPS) is 24.5. The summed E-state index contributed by atoms with van der Waals surface area (Å²) in [4.78, 5) is 4.96. The lowest BCUT2D eigenvalue weighted by Gasteiger charge is -2.35. The van der Waals surface area contributed by atoms with Crippen molar-refractivity contribution in [3.05, 3.63) is 0 Å². The number of nitrogens with zero attached hydrogens (tertiary/aromatic N) is 2. The molecule has 0 spiro atoms. The molecule has 0 bridgehead atoms. The van der Waals surface area contributed by atoms with E-state index in [0.29, 0.717) is 11.5 Å². The predicted molar refractivity (Wildman–Crippen MR) is 75.2 cm³/mol. The smallest absolute Gasteiger partial charge is 0.0221 e. The second-order valence-electron chi connectivity index (χ2n) is 6.87. The molecule has 3 nitrogen and oxygen atoms in total. The third-order valence-electron chi connectivity index (χ3n) is 3.91. The molecule has 0 aromatic heterocycles. The van der Waals surface area contributed by atoms with Gasteiger partial charge in [-0.05, 0) is 45.3 Å². The lowest BCUT2D eigenvalue weighted by molar-refractivity contribution is 0.146. The highest BCUT2D eigenvalue weighted by atomic mass is 15.2. The van der Waals surface area contributed by atoms with Gasteiger partial charge in [-0.15, -0.1) is 0 Å². The molecule has 0 aromatic carbocycles. The van der Waals surface area contributed by atoms with Gasteiger partial charge in [0.2, 0.25) is 0 Å². The Labute approximate surface area is 107 Å². The van der Waals surface area contributed by atoms with E-state index in [-0.39, 0.29) is 0 Å². The van der Waals surface area contributed by atoms with Gasteiger partial charge in [-0.2, -0.15) is 0 Å². The van der Waals surface area contributed by atoms with E-state index in [1.807, 2.05) is 0 Å². The maximum Gasteiger partial charge on any atom is 0.0221 e. The molecule has 1 aliphatic heterocycles. The Bertz CT molecular complexity index is 222. The molecule has 3 heteroatoms. The lowest BCUT2D eigenvalue weighted by Crippen LogP contribution is -2.46. The second kappa shape index (κ2) is 6.17. The van der Waals surface area contributed by atoms with E-state index in [0.717, 1.165) is 19.1 Å². The minimum absolute atomic E-state index is 0.361. The second-order valence-corrected chi connectivity index (χ2v) is 6.87. The van der Waals surface area contributed by atoms with E-state index >= 15 is 0 Å². The van der Waals surface area contributed by atoms with Gasteiger partial charge in [0, 0.05) is 25.2 Å². The number of hydrogen-bond donors (Lipinski definition) is 1. The highest BCUT2D eigenvalue weighted by Crippen LogP contribution is 2.24. The molecule has 0 aromatic rings. The van der Waals surface area contributed by atoms with Crippen LogP contribution in [0.5, 0.6) is 0 Å². The van der Waals surface area contributed by atoms with E-state index < -0.39 is 0 Å². The Hall–Kier alpha value is -0.120. The van der Waals surface area contributed by atoms with Crippen LogP contribution in [-0.2, 0) is 0 Å². The molecule has 0 saturated carbocycles. The molecule has 1 rings (SSSR count). The van der Waals surface area contributed by atoms with Crippen molar-refractivity contribution in [3.8, 4) is 0 Å². The van der Waals surface area contributed by atoms with Gasteiger partial charge >= 0.3 is 0 Å². The summed E-state index contributed by atoms with van der Waals surface area (Å²) in [5.41, 5.74) is 6.30. The summed E-state index contributed by atoms with van der Waals surface area (Å²) in [7, 11) is 4.47. The zero-order valence-corrected chi connectivity index (χ0v) is 12.4. The first-order valence-corrected chi connectivity index (χ1v) is 6.94. The maximum atomic E-state index is 5.93. The van der Waals surface area contributed by atoms with E-state index in [1.165, 1.54) is 25.8 Å². The number of likely N-dealkylation sites (N-methyl/N-ethyl adjacent to an activating group) is 2. The molecule has 2 unspecified atom stereocenters. The average molecular weight is 241 g/mol. The number of rotatable bonds is 5. The van der Waals surface area contributed by atoms with Crippen LogP contribution in [0.3, 0.4) is 0 Å². The summed E-state index contributed by atoms with van der Waals surface area (Å²) in [5.74, 6) is 0. The van der Waals surface area contributed by atoms with Crippen LogP contribution < -0.4 is 5.73 Å². The highest BCUT2D eigenvalue weighted by molar-refractivity contribution is 4.83. The van der Waals surface area contributed by atoms with E-state index in [4.69, 9.17) is 5.73 Å². The van der Waals surface area contributed by atoms with Crippen molar-refractivity contribution in [1.29, 1.82) is 0 Å². The minimum atomic E-state index is 0.361. The molecule has 1 heterocycles. The largest absolute Gasteiger partial charge is 0.329 e. The highest BCUT2D eigenvalue weighted by Gasteiger charge is 2.26. The van der Waals surface area contributed by atoms with Crippen LogP contribution in [0.2, 0.25) is 0 Å². The minimum Gasteiger partial charge on any atom is -0.329 e. The van der Waals surface area contributed by atoms with Gasteiger partial charge in [0.15, 0.2) is 0 Å². The van der Waals surface area contributed by atoms with E-state index in [1.54, 1.807) is 0 Å². The van der Waals surface area contributed by atoms with Gasteiger partial charge in [-0.3, -0.25) is 0 Å². The van der Waals surface area contributed by atoms with Crippen LogP contribution in [0.4, 0.5) is 0 Å². The Balaban J connectivity index is 2.45. The van der Waals surface area contributed by atoms with Crippen molar-refractivity contribution in [3.63, 3.8) is 0 Å². The van der Waals surface area contributed by atoms with Crippen LogP contribution in [0.25, 0.3) is 0 Å². The van der Waals surface area contributed by atoms with Crippen molar-refractivity contribution < 1.29 is 0 Å². The van der Waals surface area contributed by atoms with Gasteiger partial charge in [0.1, 0.15) is 0 Å². The fourth-order valence-electron chi connectivity index (χ4n) is 2.82. The average Bonchev–Trinajstić information content (AvgIpc) is 2.59. The summed E-state index contributed by atoms with van der Waals surface area (Å²) in [5, 5.41) is 0. The molecule has 0 amide bonds. The Morgan fingerprint density at radius 2 is 2.06 bits per heavy atom. The summed E-state index contributed by atoms with van der Waals surface area (Å²) in [6.07, 6.45) is 3.87. The first-order valence-electron chi connectivity index (χ1n) is 6.94. The zero-order valence-electron chi connectivity index (χ0n) is 12.4. The van der Waals surface area contributed by atoms with Crippen LogP contribution in [-0.4, -0.2) is 55.6 Å². The van der Waals surface area contributed by atoms with Gasteiger partial charge in [-0.25, -0.2) is 0 Å². The molecule has 1 saturated heterocycles. The molecular weight excluding hydrogens is 210 g/mol. The quantitative estimate of drug-likeness (QED) is 0.796. The summed E-state index contributed by atoms with van der Waals surface area (Å²) < 4.78 is 0. The SMILES string of the molecule is CN1CCCC1CN(C)C(CN)CC(C)(C)C. The van der Waals surface area contributed by atoms with Gasteiger partial charge in [0.25, 0.3) is 0 Å². The molecule has 0 radical (unpaired) electrons. The monoisotopic (exact) mass is 241 g/mol. The van der Waals surface area contributed by atoms with Crippen molar-refractivity contribution in [2.75, 3.05) is 33.7 Å². The Morgan fingerprint density at radius 1 is 1.41 bits per heavy atom. The van der Waals surface area contributed by atoms with Gasteiger partial charge in [-0.1, -0.05) is 20.8 Å². The van der Waals surface area contributed by atoms with Crippen molar-refractivity contribution in [2.24, 2.45) is 11.1 Å². The number of nitrogens with two attached hydrogens (primary N) is 1. The van der Waals surface area contributed by atoms with Crippen LogP contribution >= 0.6 is 0 Å². The molecule has 102 valence electrons. The van der Waals surface area contributed by atoms with Crippen LogP contribution in [0, 0.1) is 5.41 Å². The van der Waals surface area contributed by atoms with Gasteiger partial charge in [0.05, 0.1) is 0 Å². The maximum absolute atomic E-state index is 5.93. The Morgan fingerprint density at radius 3 is 2.47 bits per heavy atom.